The van der Waals surface area contributed by atoms with Crippen LogP contribution >= 0.6 is 0 Å². The molecule has 156 valence electrons. The van der Waals surface area contributed by atoms with Gasteiger partial charge in [0.05, 0.1) is 16.6 Å². The highest BCUT2D eigenvalue weighted by Crippen LogP contribution is 2.22. The zero-order valence-electron chi connectivity index (χ0n) is 17.7. The Bertz CT molecular complexity index is 1120. The molecule has 3 aromatic rings. The maximum Gasteiger partial charge on any atom is 0.252 e. The molecule has 1 aliphatic heterocycles. The van der Waals surface area contributed by atoms with Crippen LogP contribution in [0.2, 0.25) is 0 Å². The van der Waals surface area contributed by atoms with Crippen LogP contribution in [-0.4, -0.2) is 44.6 Å². The largest absolute Gasteiger partial charge is 0.352 e. The normalized spacial score (nSPS) is 13.4. The summed E-state index contributed by atoms with van der Waals surface area (Å²) in [5, 5.41) is 8.12. The van der Waals surface area contributed by atoms with Crippen LogP contribution in [0, 0.1) is 13.8 Å². The smallest absolute Gasteiger partial charge is 0.252 e. The highest BCUT2D eigenvalue weighted by molar-refractivity contribution is 6.06. The van der Waals surface area contributed by atoms with Gasteiger partial charge in [0.15, 0.2) is 5.65 Å². The topological polar surface area (TPSA) is 80.1 Å². The Morgan fingerprint density at radius 1 is 1.17 bits per heavy atom. The van der Waals surface area contributed by atoms with Crippen molar-refractivity contribution in [1.29, 1.82) is 0 Å². The van der Waals surface area contributed by atoms with E-state index >= 15 is 0 Å². The number of hydrogen-bond donors (Lipinski definition) is 1. The molecule has 0 atom stereocenters. The molecule has 7 heteroatoms. The Hall–Kier alpha value is -3.22. The Labute approximate surface area is 176 Å². The highest BCUT2D eigenvalue weighted by atomic mass is 16.2. The summed E-state index contributed by atoms with van der Waals surface area (Å²) in [6.45, 7) is 5.64. The molecule has 0 radical (unpaired) electrons. The van der Waals surface area contributed by atoms with Crippen molar-refractivity contribution in [1.82, 2.24) is 25.0 Å². The number of rotatable bonds is 5. The van der Waals surface area contributed by atoms with Crippen LogP contribution in [0.4, 0.5) is 0 Å². The number of carbonyl (C=O) groups is 2. The van der Waals surface area contributed by atoms with Gasteiger partial charge in [0.25, 0.3) is 5.91 Å². The van der Waals surface area contributed by atoms with Gasteiger partial charge >= 0.3 is 0 Å². The first-order chi connectivity index (χ1) is 14.4. The van der Waals surface area contributed by atoms with Crippen LogP contribution in [0.3, 0.4) is 0 Å². The van der Waals surface area contributed by atoms with Crippen molar-refractivity contribution < 1.29 is 9.59 Å². The van der Waals surface area contributed by atoms with E-state index in [1.165, 1.54) is 11.1 Å². The molecule has 0 unspecified atom stereocenters. The number of aromatic nitrogens is 3. The molecule has 0 bridgehead atoms. The van der Waals surface area contributed by atoms with Gasteiger partial charge in [0.1, 0.15) is 0 Å². The van der Waals surface area contributed by atoms with Crippen molar-refractivity contribution in [2.24, 2.45) is 7.05 Å². The first-order valence-electron chi connectivity index (χ1n) is 10.4. The summed E-state index contributed by atoms with van der Waals surface area (Å²) in [6.07, 6.45) is 1.95. The highest BCUT2D eigenvalue weighted by Gasteiger charge is 2.20. The van der Waals surface area contributed by atoms with E-state index in [9.17, 15) is 9.59 Å². The average molecular weight is 406 g/mol. The summed E-state index contributed by atoms with van der Waals surface area (Å²) in [5.41, 5.74) is 5.41. The Kier molecular flexibility index (Phi) is 5.53. The lowest BCUT2D eigenvalue weighted by Gasteiger charge is -2.29. The summed E-state index contributed by atoms with van der Waals surface area (Å²) in [5.74, 6) is -0.00930. The molecular formula is C23H27N5O2. The van der Waals surface area contributed by atoms with Crippen molar-refractivity contribution in [3.8, 4) is 0 Å². The quantitative estimate of drug-likeness (QED) is 0.662. The van der Waals surface area contributed by atoms with E-state index in [2.05, 4.69) is 27.5 Å². The first-order valence-corrected chi connectivity index (χ1v) is 10.4. The van der Waals surface area contributed by atoms with Crippen molar-refractivity contribution in [3.05, 3.63) is 58.4 Å². The van der Waals surface area contributed by atoms with Crippen LogP contribution < -0.4 is 5.32 Å². The maximum absolute atomic E-state index is 12.8. The number of fused-ring (bicyclic) bond motifs is 2. The minimum Gasteiger partial charge on any atom is -0.352 e. The summed E-state index contributed by atoms with van der Waals surface area (Å²) in [7, 11) is 1.83. The zero-order chi connectivity index (χ0) is 21.3. The molecule has 3 heterocycles. The summed E-state index contributed by atoms with van der Waals surface area (Å²) < 4.78 is 1.70. The molecule has 0 saturated carbocycles. The molecule has 0 spiro atoms. The molecular weight excluding hydrogens is 378 g/mol. The van der Waals surface area contributed by atoms with E-state index in [0.717, 1.165) is 29.7 Å². The fraction of sp³-hybridized carbons (Fsp3) is 0.391. The minimum atomic E-state index is -0.152. The fourth-order valence-electron chi connectivity index (χ4n) is 4.15. The molecule has 7 nitrogen and oxygen atoms in total. The zero-order valence-corrected chi connectivity index (χ0v) is 17.7. The number of pyridine rings is 1. The van der Waals surface area contributed by atoms with E-state index in [4.69, 9.17) is 0 Å². The van der Waals surface area contributed by atoms with Crippen molar-refractivity contribution in [2.75, 3.05) is 13.1 Å². The number of benzene rings is 1. The van der Waals surface area contributed by atoms with Gasteiger partial charge in [-0.1, -0.05) is 24.3 Å². The van der Waals surface area contributed by atoms with Crippen LogP contribution in [0.5, 0.6) is 0 Å². The number of carbonyl (C=O) groups excluding carboxylic acids is 2. The van der Waals surface area contributed by atoms with Gasteiger partial charge < -0.3 is 10.2 Å². The van der Waals surface area contributed by atoms with E-state index < -0.39 is 0 Å². The third-order valence-electron chi connectivity index (χ3n) is 5.68. The number of nitrogens with zero attached hydrogens (tertiary/aromatic N) is 4. The summed E-state index contributed by atoms with van der Waals surface area (Å²) in [6, 6.07) is 10.1. The molecule has 1 N–H and O–H groups in total. The second-order valence-electron chi connectivity index (χ2n) is 7.91. The van der Waals surface area contributed by atoms with Gasteiger partial charge in [-0.3, -0.25) is 14.3 Å². The molecule has 1 aliphatic rings. The van der Waals surface area contributed by atoms with Gasteiger partial charge in [-0.25, -0.2) is 4.98 Å². The van der Waals surface area contributed by atoms with E-state index in [0.29, 0.717) is 37.1 Å². The molecule has 2 amide bonds. The molecule has 0 saturated heterocycles. The summed E-state index contributed by atoms with van der Waals surface area (Å²) in [4.78, 5) is 31.8. The fourth-order valence-corrected chi connectivity index (χ4v) is 4.15. The molecule has 30 heavy (non-hydrogen) atoms. The SMILES string of the molecule is Cc1cc(C(=O)NCCCC(=O)N2CCc3ccccc3C2)c2c(C)nn(C)c2n1. The molecule has 1 aromatic carbocycles. The van der Waals surface area contributed by atoms with Crippen LogP contribution in [0.15, 0.2) is 30.3 Å². The second kappa shape index (κ2) is 8.26. The number of aryl methyl sites for hydroxylation is 3. The van der Waals surface area contributed by atoms with Gasteiger partial charge in [-0.05, 0) is 43.9 Å². The Morgan fingerprint density at radius 3 is 2.73 bits per heavy atom. The third kappa shape index (κ3) is 3.92. The first kappa shape index (κ1) is 20.1. The lowest BCUT2D eigenvalue weighted by atomic mass is 9.99. The lowest BCUT2D eigenvalue weighted by molar-refractivity contribution is -0.132. The van der Waals surface area contributed by atoms with Crippen molar-refractivity contribution in [3.63, 3.8) is 0 Å². The summed E-state index contributed by atoms with van der Waals surface area (Å²) >= 11 is 0. The minimum absolute atomic E-state index is 0.143. The predicted octanol–water partition coefficient (Wildman–Crippen LogP) is 2.68. The van der Waals surface area contributed by atoms with E-state index in [1.807, 2.05) is 37.9 Å². The monoisotopic (exact) mass is 405 g/mol. The van der Waals surface area contributed by atoms with E-state index in [1.54, 1.807) is 10.7 Å². The van der Waals surface area contributed by atoms with Gasteiger partial charge in [-0.2, -0.15) is 5.10 Å². The average Bonchev–Trinajstić information content (AvgIpc) is 3.03. The van der Waals surface area contributed by atoms with Gasteiger partial charge in [0.2, 0.25) is 5.91 Å². The molecule has 0 fully saturated rings. The number of amides is 2. The maximum atomic E-state index is 12.8. The molecule has 2 aromatic heterocycles. The van der Waals surface area contributed by atoms with Gasteiger partial charge in [-0.15, -0.1) is 0 Å². The van der Waals surface area contributed by atoms with Crippen LogP contribution in [0.1, 0.15) is 45.7 Å². The number of nitrogens with one attached hydrogen (secondary N) is 1. The third-order valence-corrected chi connectivity index (χ3v) is 5.68. The predicted molar refractivity (Wildman–Crippen MR) is 115 cm³/mol. The van der Waals surface area contributed by atoms with Crippen LogP contribution in [-0.2, 0) is 24.8 Å². The second-order valence-corrected chi connectivity index (χ2v) is 7.91. The van der Waals surface area contributed by atoms with Crippen molar-refractivity contribution >= 4 is 22.8 Å². The molecule has 4 rings (SSSR count). The Morgan fingerprint density at radius 2 is 1.93 bits per heavy atom. The van der Waals surface area contributed by atoms with Crippen LogP contribution in [0.25, 0.3) is 11.0 Å². The van der Waals surface area contributed by atoms with Gasteiger partial charge in [0, 0.05) is 38.8 Å². The molecule has 0 aliphatic carbocycles. The van der Waals surface area contributed by atoms with Crippen molar-refractivity contribution in [2.45, 2.75) is 39.7 Å². The standard InChI is InChI=1S/C23H27N5O2/c1-15-13-19(21-16(2)26-27(3)22(21)25-15)23(30)24-11-6-9-20(29)28-12-10-17-7-4-5-8-18(17)14-28/h4-5,7-8,13H,6,9-12,14H2,1-3H3,(H,24,30). The van der Waals surface area contributed by atoms with E-state index in [-0.39, 0.29) is 11.8 Å². The lowest BCUT2D eigenvalue weighted by Crippen LogP contribution is -2.36. The number of hydrogen-bond acceptors (Lipinski definition) is 4. The Balaban J connectivity index is 1.33.